The average molecular weight is 348 g/mol. The van der Waals surface area contributed by atoms with Gasteiger partial charge in [0, 0.05) is 0 Å². The average Bonchev–Trinajstić information content (AvgIpc) is 2.63. The van der Waals surface area contributed by atoms with Crippen LogP contribution in [-0.4, -0.2) is 0 Å². The molecule has 1 aromatic heterocycles. The zero-order valence-electron chi connectivity index (χ0n) is 8.76. The normalized spacial score (nSPS) is 10.4. The topological polar surface area (TPSA) is 25.2 Å². The Morgan fingerprint density at radius 3 is 2.75 bits per heavy atom. The molecule has 2 aromatic rings. The van der Waals surface area contributed by atoms with Gasteiger partial charge in [0.05, 0.1) is 17.3 Å². The molecule has 0 unspecified atom stereocenters. The molecular formula is C12H11ClINO. The molecule has 4 heteroatoms. The van der Waals surface area contributed by atoms with Crippen molar-refractivity contribution in [2.45, 2.75) is 13.5 Å². The Morgan fingerprint density at radius 2 is 2.12 bits per heavy atom. The highest BCUT2D eigenvalue weighted by atomic mass is 127. The number of nitrogens with one attached hydrogen (secondary N) is 1. The lowest BCUT2D eigenvalue weighted by atomic mass is 10.2. The molecular weight excluding hydrogens is 336 g/mol. The van der Waals surface area contributed by atoms with E-state index < -0.39 is 0 Å². The van der Waals surface area contributed by atoms with Gasteiger partial charge in [-0.15, -0.1) is 0 Å². The highest BCUT2D eigenvalue weighted by Gasteiger charge is 2.04. The zero-order valence-corrected chi connectivity index (χ0v) is 11.7. The molecule has 0 aliphatic heterocycles. The monoisotopic (exact) mass is 347 g/mol. The fourth-order valence-electron chi connectivity index (χ4n) is 1.48. The summed E-state index contributed by atoms with van der Waals surface area (Å²) in [5, 5.41) is 4.02. The molecule has 0 spiro atoms. The Balaban J connectivity index is 2.10. The molecule has 0 fully saturated rings. The second-order valence-corrected chi connectivity index (χ2v) is 4.96. The largest absolute Gasteiger partial charge is 0.454 e. The van der Waals surface area contributed by atoms with E-state index in [0.717, 1.165) is 25.8 Å². The fraction of sp³-hybridized carbons (Fsp3) is 0.167. The molecule has 0 aliphatic carbocycles. The zero-order chi connectivity index (χ0) is 11.5. The molecule has 2 nitrogen and oxygen atoms in total. The van der Waals surface area contributed by atoms with Crippen molar-refractivity contribution in [3.63, 3.8) is 0 Å². The van der Waals surface area contributed by atoms with Gasteiger partial charge in [-0.25, -0.2) is 0 Å². The minimum absolute atomic E-state index is 0.646. The lowest BCUT2D eigenvalue weighted by molar-refractivity contribution is 0.493. The summed E-state index contributed by atoms with van der Waals surface area (Å²) in [5.41, 5.74) is 2.10. The number of rotatable bonds is 3. The first-order valence-electron chi connectivity index (χ1n) is 4.90. The SMILES string of the molecule is Cc1cccc(Cl)c1NCc1ccc(I)o1. The van der Waals surface area contributed by atoms with Crippen LogP contribution in [0.5, 0.6) is 0 Å². The van der Waals surface area contributed by atoms with Crippen LogP contribution in [0.1, 0.15) is 11.3 Å². The van der Waals surface area contributed by atoms with Gasteiger partial charge in [0.1, 0.15) is 5.76 Å². The van der Waals surface area contributed by atoms with Gasteiger partial charge in [-0.3, -0.25) is 0 Å². The number of halogens is 2. The molecule has 0 saturated heterocycles. The predicted molar refractivity (Wildman–Crippen MR) is 74.9 cm³/mol. The number of hydrogen-bond donors (Lipinski definition) is 1. The number of para-hydroxylation sites is 1. The Morgan fingerprint density at radius 1 is 1.31 bits per heavy atom. The summed E-state index contributed by atoms with van der Waals surface area (Å²) in [6.45, 7) is 2.67. The number of aryl methyl sites for hydroxylation is 1. The quantitative estimate of drug-likeness (QED) is 0.829. The van der Waals surface area contributed by atoms with Crippen LogP contribution in [-0.2, 0) is 6.54 Å². The van der Waals surface area contributed by atoms with E-state index in [0.29, 0.717) is 6.54 Å². The fourth-order valence-corrected chi connectivity index (χ4v) is 2.23. The van der Waals surface area contributed by atoms with Crippen molar-refractivity contribution in [1.29, 1.82) is 0 Å². The van der Waals surface area contributed by atoms with E-state index in [2.05, 4.69) is 27.9 Å². The van der Waals surface area contributed by atoms with Gasteiger partial charge in [-0.05, 0) is 53.3 Å². The van der Waals surface area contributed by atoms with Gasteiger partial charge >= 0.3 is 0 Å². The van der Waals surface area contributed by atoms with Gasteiger partial charge in [0.15, 0.2) is 3.77 Å². The maximum atomic E-state index is 6.11. The molecule has 2 rings (SSSR count). The third-order valence-corrected chi connectivity index (χ3v) is 3.18. The van der Waals surface area contributed by atoms with Crippen LogP contribution in [0.3, 0.4) is 0 Å². The van der Waals surface area contributed by atoms with Crippen molar-refractivity contribution >= 4 is 39.9 Å². The highest BCUT2D eigenvalue weighted by Crippen LogP contribution is 2.25. The predicted octanol–water partition coefficient (Wildman–Crippen LogP) is 4.46. The molecule has 0 amide bonds. The van der Waals surface area contributed by atoms with Crippen molar-refractivity contribution in [2.75, 3.05) is 5.32 Å². The molecule has 1 heterocycles. The summed E-state index contributed by atoms with van der Waals surface area (Å²) in [6, 6.07) is 9.75. The standard InChI is InChI=1S/C12H11ClINO/c1-8-3-2-4-10(13)12(8)15-7-9-5-6-11(14)16-9/h2-6,15H,7H2,1H3. The number of furan rings is 1. The lowest BCUT2D eigenvalue weighted by Gasteiger charge is -2.09. The van der Waals surface area contributed by atoms with E-state index in [1.807, 2.05) is 37.3 Å². The molecule has 84 valence electrons. The lowest BCUT2D eigenvalue weighted by Crippen LogP contribution is -2.00. The maximum Gasteiger partial charge on any atom is 0.164 e. The van der Waals surface area contributed by atoms with E-state index in [4.69, 9.17) is 16.0 Å². The van der Waals surface area contributed by atoms with E-state index in [-0.39, 0.29) is 0 Å². The van der Waals surface area contributed by atoms with Gasteiger partial charge in [0.25, 0.3) is 0 Å². The van der Waals surface area contributed by atoms with Crippen molar-refractivity contribution in [3.8, 4) is 0 Å². The Labute approximate surface area is 113 Å². The summed E-state index contributed by atoms with van der Waals surface area (Å²) in [5.74, 6) is 0.906. The second kappa shape index (κ2) is 5.10. The van der Waals surface area contributed by atoms with Crippen LogP contribution < -0.4 is 5.32 Å². The van der Waals surface area contributed by atoms with E-state index >= 15 is 0 Å². The maximum absolute atomic E-state index is 6.11. The molecule has 0 radical (unpaired) electrons. The minimum atomic E-state index is 0.646. The van der Waals surface area contributed by atoms with Crippen molar-refractivity contribution in [2.24, 2.45) is 0 Å². The number of hydrogen-bond acceptors (Lipinski definition) is 2. The summed E-state index contributed by atoms with van der Waals surface area (Å²) >= 11 is 8.25. The molecule has 0 saturated carbocycles. The Kier molecular flexibility index (Phi) is 3.76. The van der Waals surface area contributed by atoms with Crippen LogP contribution in [0.4, 0.5) is 5.69 Å². The van der Waals surface area contributed by atoms with E-state index in [1.54, 1.807) is 0 Å². The first-order chi connectivity index (χ1) is 7.66. The van der Waals surface area contributed by atoms with Crippen molar-refractivity contribution in [1.82, 2.24) is 0 Å². The van der Waals surface area contributed by atoms with Crippen molar-refractivity contribution in [3.05, 3.63) is 50.4 Å². The third-order valence-electron chi connectivity index (χ3n) is 2.29. The van der Waals surface area contributed by atoms with Crippen LogP contribution >= 0.6 is 34.2 Å². The first kappa shape index (κ1) is 11.8. The van der Waals surface area contributed by atoms with Gasteiger partial charge < -0.3 is 9.73 Å². The van der Waals surface area contributed by atoms with Crippen LogP contribution in [0.15, 0.2) is 34.7 Å². The minimum Gasteiger partial charge on any atom is -0.454 e. The smallest absolute Gasteiger partial charge is 0.164 e. The molecule has 1 aromatic carbocycles. The molecule has 16 heavy (non-hydrogen) atoms. The summed E-state index contributed by atoms with van der Waals surface area (Å²) < 4.78 is 6.36. The molecule has 1 N–H and O–H groups in total. The summed E-state index contributed by atoms with van der Waals surface area (Å²) in [7, 11) is 0. The molecule has 0 atom stereocenters. The van der Waals surface area contributed by atoms with Gasteiger partial charge in [0.2, 0.25) is 0 Å². The summed E-state index contributed by atoms with van der Waals surface area (Å²) in [6.07, 6.45) is 0. The second-order valence-electron chi connectivity index (χ2n) is 3.49. The Hall–Kier alpha value is -0.680. The highest BCUT2D eigenvalue weighted by molar-refractivity contribution is 14.1. The van der Waals surface area contributed by atoms with E-state index in [1.165, 1.54) is 0 Å². The number of benzene rings is 1. The molecule has 0 bridgehead atoms. The van der Waals surface area contributed by atoms with Gasteiger partial charge in [-0.1, -0.05) is 23.7 Å². The van der Waals surface area contributed by atoms with Crippen LogP contribution in [0.25, 0.3) is 0 Å². The van der Waals surface area contributed by atoms with Gasteiger partial charge in [-0.2, -0.15) is 0 Å². The van der Waals surface area contributed by atoms with E-state index in [9.17, 15) is 0 Å². The first-order valence-corrected chi connectivity index (χ1v) is 6.35. The third kappa shape index (κ3) is 2.71. The van der Waals surface area contributed by atoms with Crippen molar-refractivity contribution < 1.29 is 4.42 Å². The van der Waals surface area contributed by atoms with Crippen LogP contribution in [0.2, 0.25) is 5.02 Å². The number of anilines is 1. The van der Waals surface area contributed by atoms with Crippen LogP contribution in [0, 0.1) is 10.7 Å². The Bertz CT molecular complexity index is 475. The molecule has 0 aliphatic rings. The summed E-state index contributed by atoms with van der Waals surface area (Å²) in [4.78, 5) is 0.